The topological polar surface area (TPSA) is 15.3 Å². The largest absolute Gasteiger partial charge is 0.311 e. The molecule has 17 heavy (non-hydrogen) atoms. The van der Waals surface area contributed by atoms with Gasteiger partial charge in [0.25, 0.3) is 6.43 Å². The minimum absolute atomic E-state index is 0.0316. The number of rotatable bonds is 3. The molecule has 1 aliphatic heterocycles. The van der Waals surface area contributed by atoms with Crippen LogP contribution in [-0.4, -0.2) is 43.0 Å². The molecule has 0 amide bonds. The first-order valence-electron chi connectivity index (χ1n) is 6.47. The van der Waals surface area contributed by atoms with Crippen molar-refractivity contribution in [1.82, 2.24) is 10.2 Å². The maximum absolute atomic E-state index is 12.6. The Hall–Kier alpha value is -0.220. The number of piperazine rings is 1. The van der Waals surface area contributed by atoms with E-state index in [0.717, 1.165) is 13.1 Å². The lowest BCUT2D eigenvalue weighted by molar-refractivity contribution is -0.0000568. The number of nitrogens with one attached hydrogen (secondary N) is 1. The Labute approximate surface area is 104 Å². The predicted octanol–water partition coefficient (Wildman–Crippen LogP) is 2.60. The van der Waals surface area contributed by atoms with Crippen molar-refractivity contribution < 1.29 is 8.78 Å². The van der Waals surface area contributed by atoms with Crippen molar-refractivity contribution >= 4 is 0 Å². The Morgan fingerprint density at radius 2 is 1.88 bits per heavy atom. The van der Waals surface area contributed by atoms with E-state index >= 15 is 0 Å². The van der Waals surface area contributed by atoms with Crippen LogP contribution < -0.4 is 5.32 Å². The first-order valence-corrected chi connectivity index (χ1v) is 6.47. The molecule has 4 heteroatoms. The molecule has 0 aromatic rings. The fourth-order valence-electron chi connectivity index (χ4n) is 2.52. The Kier molecular flexibility index (Phi) is 4.90. The van der Waals surface area contributed by atoms with Gasteiger partial charge in [0.15, 0.2) is 0 Å². The SMILES string of the molecule is CC(C)C1CN(CC(F)F)C(C(C)(C)C)CN1. The van der Waals surface area contributed by atoms with Crippen LogP contribution in [0, 0.1) is 11.3 Å². The third kappa shape index (κ3) is 4.18. The molecule has 1 rings (SSSR count). The van der Waals surface area contributed by atoms with E-state index in [1.807, 2.05) is 4.90 Å². The molecular weight excluding hydrogens is 222 g/mol. The fourth-order valence-corrected chi connectivity index (χ4v) is 2.52. The maximum atomic E-state index is 12.6. The molecule has 0 radical (unpaired) electrons. The summed E-state index contributed by atoms with van der Waals surface area (Å²) in [6, 6.07) is 0.513. The van der Waals surface area contributed by atoms with Crippen LogP contribution in [0.1, 0.15) is 34.6 Å². The zero-order valence-corrected chi connectivity index (χ0v) is 11.6. The molecule has 1 saturated heterocycles. The van der Waals surface area contributed by atoms with Gasteiger partial charge < -0.3 is 5.32 Å². The number of hydrogen-bond donors (Lipinski definition) is 1. The van der Waals surface area contributed by atoms with Crippen molar-refractivity contribution in [3.8, 4) is 0 Å². The Bertz CT molecular complexity index is 236. The normalized spacial score (nSPS) is 28.1. The lowest BCUT2D eigenvalue weighted by atomic mass is 9.83. The zero-order chi connectivity index (χ0) is 13.2. The van der Waals surface area contributed by atoms with Crippen LogP contribution in [0.25, 0.3) is 0 Å². The molecule has 102 valence electrons. The minimum Gasteiger partial charge on any atom is -0.311 e. The monoisotopic (exact) mass is 248 g/mol. The first-order chi connectivity index (χ1) is 7.71. The van der Waals surface area contributed by atoms with Gasteiger partial charge in [0.2, 0.25) is 0 Å². The number of halogens is 2. The van der Waals surface area contributed by atoms with Crippen molar-refractivity contribution in [1.29, 1.82) is 0 Å². The number of nitrogens with zero attached hydrogens (tertiary/aromatic N) is 1. The lowest BCUT2D eigenvalue weighted by Gasteiger charge is -2.47. The number of hydrogen-bond acceptors (Lipinski definition) is 2. The zero-order valence-electron chi connectivity index (χ0n) is 11.6. The van der Waals surface area contributed by atoms with Gasteiger partial charge in [-0.3, -0.25) is 4.90 Å². The third-order valence-electron chi connectivity index (χ3n) is 3.62. The van der Waals surface area contributed by atoms with Crippen LogP contribution in [0.4, 0.5) is 8.78 Å². The third-order valence-corrected chi connectivity index (χ3v) is 3.62. The molecular formula is C13H26F2N2. The molecule has 2 nitrogen and oxygen atoms in total. The van der Waals surface area contributed by atoms with E-state index in [9.17, 15) is 8.78 Å². The van der Waals surface area contributed by atoms with Gasteiger partial charge in [-0.05, 0) is 11.3 Å². The van der Waals surface area contributed by atoms with Gasteiger partial charge >= 0.3 is 0 Å². The minimum atomic E-state index is -2.24. The maximum Gasteiger partial charge on any atom is 0.251 e. The smallest absolute Gasteiger partial charge is 0.251 e. The average Bonchev–Trinajstić information content (AvgIpc) is 2.14. The fraction of sp³-hybridized carbons (Fsp3) is 1.00. The molecule has 0 saturated carbocycles. The summed E-state index contributed by atoms with van der Waals surface area (Å²) >= 11 is 0. The molecule has 0 aliphatic carbocycles. The van der Waals surface area contributed by atoms with Gasteiger partial charge in [-0.1, -0.05) is 34.6 Å². The van der Waals surface area contributed by atoms with Gasteiger partial charge in [0.1, 0.15) is 0 Å². The molecule has 1 heterocycles. The van der Waals surface area contributed by atoms with Crippen LogP contribution in [0.5, 0.6) is 0 Å². The van der Waals surface area contributed by atoms with Crippen LogP contribution in [-0.2, 0) is 0 Å². The summed E-state index contributed by atoms with van der Waals surface area (Å²) in [6.07, 6.45) is -2.24. The summed E-state index contributed by atoms with van der Waals surface area (Å²) in [7, 11) is 0. The van der Waals surface area contributed by atoms with Crippen molar-refractivity contribution in [2.45, 2.75) is 53.1 Å². The van der Waals surface area contributed by atoms with E-state index in [1.54, 1.807) is 0 Å². The van der Waals surface area contributed by atoms with Gasteiger partial charge in [-0.2, -0.15) is 0 Å². The molecule has 1 N–H and O–H groups in total. The second-order valence-corrected chi connectivity index (χ2v) is 6.49. The van der Waals surface area contributed by atoms with Gasteiger partial charge in [-0.15, -0.1) is 0 Å². The van der Waals surface area contributed by atoms with E-state index in [0.29, 0.717) is 12.0 Å². The van der Waals surface area contributed by atoms with Gasteiger partial charge in [0, 0.05) is 25.2 Å². The highest BCUT2D eigenvalue weighted by molar-refractivity contribution is 4.93. The second kappa shape index (κ2) is 5.61. The van der Waals surface area contributed by atoms with Crippen molar-refractivity contribution in [2.24, 2.45) is 11.3 Å². The summed E-state index contributed by atoms with van der Waals surface area (Å²) in [6.45, 7) is 12.1. The molecule has 0 spiro atoms. The predicted molar refractivity (Wildman–Crippen MR) is 67.4 cm³/mol. The summed E-state index contributed by atoms with van der Waals surface area (Å²) in [4.78, 5) is 1.96. The summed E-state index contributed by atoms with van der Waals surface area (Å²) in [5, 5.41) is 3.49. The lowest BCUT2D eigenvalue weighted by Crippen LogP contribution is -2.62. The Morgan fingerprint density at radius 1 is 1.29 bits per heavy atom. The first kappa shape index (κ1) is 14.8. The van der Waals surface area contributed by atoms with Crippen LogP contribution in [0.2, 0.25) is 0 Å². The highest BCUT2D eigenvalue weighted by Crippen LogP contribution is 2.28. The standard InChI is InChI=1S/C13H26F2N2/c1-9(2)10-7-17(8-12(14)15)11(6-16-10)13(3,4)5/h9-12,16H,6-8H2,1-5H3. The Morgan fingerprint density at radius 3 is 2.29 bits per heavy atom. The molecule has 0 aromatic heterocycles. The van der Waals surface area contributed by atoms with E-state index in [-0.39, 0.29) is 18.0 Å². The molecule has 1 fully saturated rings. The van der Waals surface area contributed by atoms with Gasteiger partial charge in [0.05, 0.1) is 6.54 Å². The van der Waals surface area contributed by atoms with E-state index < -0.39 is 6.43 Å². The van der Waals surface area contributed by atoms with Crippen molar-refractivity contribution in [2.75, 3.05) is 19.6 Å². The van der Waals surface area contributed by atoms with Crippen molar-refractivity contribution in [3.63, 3.8) is 0 Å². The Balaban J connectivity index is 2.72. The number of alkyl halides is 2. The summed E-state index contributed by atoms with van der Waals surface area (Å²) in [5.74, 6) is 0.482. The second-order valence-electron chi connectivity index (χ2n) is 6.49. The van der Waals surface area contributed by atoms with E-state index in [2.05, 4.69) is 39.9 Å². The molecule has 1 aliphatic rings. The van der Waals surface area contributed by atoms with E-state index in [4.69, 9.17) is 0 Å². The van der Waals surface area contributed by atoms with E-state index in [1.165, 1.54) is 0 Å². The molecule has 0 aromatic carbocycles. The van der Waals surface area contributed by atoms with Crippen LogP contribution >= 0.6 is 0 Å². The van der Waals surface area contributed by atoms with Crippen LogP contribution in [0.3, 0.4) is 0 Å². The summed E-state index contributed by atoms with van der Waals surface area (Å²) in [5.41, 5.74) is 0.0316. The molecule has 2 unspecified atom stereocenters. The highest BCUT2D eigenvalue weighted by atomic mass is 19.3. The molecule has 0 bridgehead atoms. The van der Waals surface area contributed by atoms with Crippen LogP contribution in [0.15, 0.2) is 0 Å². The molecule has 2 atom stereocenters. The highest BCUT2D eigenvalue weighted by Gasteiger charge is 2.37. The average molecular weight is 248 g/mol. The van der Waals surface area contributed by atoms with Gasteiger partial charge in [-0.25, -0.2) is 8.78 Å². The quantitative estimate of drug-likeness (QED) is 0.826. The summed E-state index contributed by atoms with van der Waals surface area (Å²) < 4.78 is 25.3. The van der Waals surface area contributed by atoms with Crippen molar-refractivity contribution in [3.05, 3.63) is 0 Å².